The van der Waals surface area contributed by atoms with Crippen LogP contribution in [-0.4, -0.2) is 19.1 Å². The Morgan fingerprint density at radius 3 is 2.75 bits per heavy atom. The summed E-state index contributed by atoms with van der Waals surface area (Å²) in [7, 11) is 1.58. The van der Waals surface area contributed by atoms with Crippen molar-refractivity contribution in [1.29, 1.82) is 0 Å². The molecule has 1 aliphatic heterocycles. The van der Waals surface area contributed by atoms with E-state index in [9.17, 15) is 4.79 Å². The Balaban J connectivity index is 2.34. The highest BCUT2D eigenvalue weighted by atomic mass is 16.5. The molecule has 1 aliphatic rings. The summed E-state index contributed by atoms with van der Waals surface area (Å²) in [4.78, 5) is 13.5. The van der Waals surface area contributed by atoms with Gasteiger partial charge >= 0.3 is 0 Å². The number of nitrogens with zero attached hydrogens (tertiary/aromatic N) is 1. The van der Waals surface area contributed by atoms with E-state index in [1.165, 1.54) is 0 Å². The molecule has 16 heavy (non-hydrogen) atoms. The van der Waals surface area contributed by atoms with Gasteiger partial charge in [-0.1, -0.05) is 0 Å². The van der Waals surface area contributed by atoms with Crippen LogP contribution in [0.5, 0.6) is 5.75 Å². The van der Waals surface area contributed by atoms with E-state index in [4.69, 9.17) is 10.5 Å². The number of hydrogen-bond acceptors (Lipinski definition) is 3. The van der Waals surface area contributed by atoms with Gasteiger partial charge in [0.1, 0.15) is 5.75 Å². The highest BCUT2D eigenvalue weighted by Crippen LogP contribution is 2.31. The standard InChI is InChI=1S/C12H16N2O2/c1-8-3-6-12(15)14(8)9-4-5-11(16-2)10(13)7-9/h4-5,7-8H,3,6,13H2,1-2H3. The molecule has 1 aromatic rings. The second-order valence-electron chi connectivity index (χ2n) is 4.08. The van der Waals surface area contributed by atoms with E-state index < -0.39 is 0 Å². The molecule has 1 unspecified atom stereocenters. The lowest BCUT2D eigenvalue weighted by atomic mass is 10.2. The molecule has 0 saturated carbocycles. The fourth-order valence-corrected chi connectivity index (χ4v) is 2.10. The number of carbonyl (C=O) groups is 1. The number of ether oxygens (including phenoxy) is 1. The minimum Gasteiger partial charge on any atom is -0.495 e. The zero-order valence-corrected chi connectivity index (χ0v) is 9.56. The van der Waals surface area contributed by atoms with Crippen LogP contribution in [0, 0.1) is 0 Å². The van der Waals surface area contributed by atoms with Gasteiger partial charge in [0.2, 0.25) is 5.91 Å². The lowest BCUT2D eigenvalue weighted by Gasteiger charge is -2.22. The molecule has 2 N–H and O–H groups in total. The average molecular weight is 220 g/mol. The largest absolute Gasteiger partial charge is 0.495 e. The number of methoxy groups -OCH3 is 1. The summed E-state index contributed by atoms with van der Waals surface area (Å²) < 4.78 is 5.09. The Morgan fingerprint density at radius 1 is 1.50 bits per heavy atom. The monoisotopic (exact) mass is 220 g/mol. The number of hydrogen-bond donors (Lipinski definition) is 1. The van der Waals surface area contributed by atoms with Gasteiger partial charge in [0.15, 0.2) is 0 Å². The second-order valence-corrected chi connectivity index (χ2v) is 4.08. The summed E-state index contributed by atoms with van der Waals surface area (Å²) in [5.41, 5.74) is 7.24. The molecule has 0 radical (unpaired) electrons. The zero-order valence-electron chi connectivity index (χ0n) is 9.56. The topological polar surface area (TPSA) is 55.6 Å². The van der Waals surface area contributed by atoms with Crippen LogP contribution < -0.4 is 15.4 Å². The SMILES string of the molecule is COc1ccc(N2C(=O)CCC2C)cc1N. The minimum atomic E-state index is 0.164. The van der Waals surface area contributed by atoms with Crippen molar-refractivity contribution >= 4 is 17.3 Å². The number of amides is 1. The first-order chi connectivity index (χ1) is 7.63. The molecule has 0 aliphatic carbocycles. The molecule has 0 aromatic heterocycles. The molecule has 4 heteroatoms. The summed E-state index contributed by atoms with van der Waals surface area (Å²) in [6, 6.07) is 5.71. The quantitative estimate of drug-likeness (QED) is 0.773. The molecule has 2 rings (SSSR count). The maximum absolute atomic E-state index is 11.7. The van der Waals surface area contributed by atoms with Gasteiger partial charge in [-0.3, -0.25) is 4.79 Å². The first-order valence-corrected chi connectivity index (χ1v) is 5.39. The van der Waals surface area contributed by atoms with E-state index >= 15 is 0 Å². The highest BCUT2D eigenvalue weighted by Gasteiger charge is 2.28. The number of benzene rings is 1. The summed E-state index contributed by atoms with van der Waals surface area (Å²) in [6.45, 7) is 2.05. The van der Waals surface area contributed by atoms with E-state index in [-0.39, 0.29) is 11.9 Å². The normalized spacial score (nSPS) is 20.2. The molecule has 86 valence electrons. The Labute approximate surface area is 95.0 Å². The van der Waals surface area contributed by atoms with E-state index in [1.54, 1.807) is 24.1 Å². The van der Waals surface area contributed by atoms with E-state index in [0.717, 1.165) is 12.1 Å². The van der Waals surface area contributed by atoms with Crippen LogP contribution in [-0.2, 0) is 4.79 Å². The second kappa shape index (κ2) is 4.04. The maximum atomic E-state index is 11.7. The predicted octanol–water partition coefficient (Wildman–Crippen LogP) is 1.79. The van der Waals surface area contributed by atoms with Gasteiger partial charge in [0, 0.05) is 18.2 Å². The van der Waals surface area contributed by atoms with Crippen molar-refractivity contribution in [3.63, 3.8) is 0 Å². The van der Waals surface area contributed by atoms with Gasteiger partial charge in [0.25, 0.3) is 0 Å². The van der Waals surface area contributed by atoms with Crippen LogP contribution in [0.1, 0.15) is 19.8 Å². The van der Waals surface area contributed by atoms with Crippen LogP contribution in [0.3, 0.4) is 0 Å². The first kappa shape index (κ1) is 10.8. The summed E-state index contributed by atoms with van der Waals surface area (Å²) in [5.74, 6) is 0.806. The summed E-state index contributed by atoms with van der Waals surface area (Å²) in [5, 5.41) is 0. The van der Waals surface area contributed by atoms with Gasteiger partial charge < -0.3 is 15.4 Å². The third-order valence-corrected chi connectivity index (χ3v) is 2.98. The molecule has 1 fully saturated rings. The molecule has 1 aromatic carbocycles. The number of nitrogen functional groups attached to an aromatic ring is 1. The van der Waals surface area contributed by atoms with Crippen molar-refractivity contribution in [2.75, 3.05) is 17.7 Å². The molecule has 0 bridgehead atoms. The van der Waals surface area contributed by atoms with Crippen molar-refractivity contribution in [1.82, 2.24) is 0 Å². The Bertz CT molecular complexity index is 417. The summed E-state index contributed by atoms with van der Waals surface area (Å²) >= 11 is 0. The van der Waals surface area contributed by atoms with Gasteiger partial charge in [0.05, 0.1) is 12.8 Å². The third kappa shape index (κ3) is 1.71. The fourth-order valence-electron chi connectivity index (χ4n) is 2.10. The Morgan fingerprint density at radius 2 is 2.25 bits per heavy atom. The van der Waals surface area contributed by atoms with Crippen LogP contribution in [0.2, 0.25) is 0 Å². The number of carbonyl (C=O) groups excluding carboxylic acids is 1. The van der Waals surface area contributed by atoms with E-state index in [2.05, 4.69) is 0 Å². The lowest BCUT2D eigenvalue weighted by molar-refractivity contribution is -0.117. The van der Waals surface area contributed by atoms with Gasteiger partial charge in [-0.05, 0) is 31.5 Å². The summed E-state index contributed by atoms with van der Waals surface area (Å²) in [6.07, 6.45) is 1.53. The number of anilines is 2. The highest BCUT2D eigenvalue weighted by molar-refractivity contribution is 5.96. The number of nitrogens with two attached hydrogens (primary N) is 1. The van der Waals surface area contributed by atoms with Crippen LogP contribution in [0.15, 0.2) is 18.2 Å². The number of rotatable bonds is 2. The van der Waals surface area contributed by atoms with E-state index in [1.807, 2.05) is 13.0 Å². The molecule has 4 nitrogen and oxygen atoms in total. The van der Waals surface area contributed by atoms with Crippen LogP contribution >= 0.6 is 0 Å². The van der Waals surface area contributed by atoms with Crippen molar-refractivity contribution in [3.8, 4) is 5.75 Å². The Hall–Kier alpha value is -1.71. The van der Waals surface area contributed by atoms with Crippen molar-refractivity contribution in [2.24, 2.45) is 0 Å². The average Bonchev–Trinajstić information content (AvgIpc) is 2.58. The molecule has 0 spiro atoms. The molecule has 1 amide bonds. The van der Waals surface area contributed by atoms with Crippen molar-refractivity contribution in [3.05, 3.63) is 18.2 Å². The van der Waals surface area contributed by atoms with Crippen LogP contribution in [0.25, 0.3) is 0 Å². The smallest absolute Gasteiger partial charge is 0.227 e. The lowest BCUT2D eigenvalue weighted by Crippen LogP contribution is -2.30. The molecular weight excluding hydrogens is 204 g/mol. The molecule has 1 saturated heterocycles. The van der Waals surface area contributed by atoms with Gasteiger partial charge in [-0.25, -0.2) is 0 Å². The van der Waals surface area contributed by atoms with Gasteiger partial charge in [-0.15, -0.1) is 0 Å². The zero-order chi connectivity index (χ0) is 11.7. The fraction of sp³-hybridized carbons (Fsp3) is 0.417. The van der Waals surface area contributed by atoms with Crippen LogP contribution in [0.4, 0.5) is 11.4 Å². The van der Waals surface area contributed by atoms with Gasteiger partial charge in [-0.2, -0.15) is 0 Å². The first-order valence-electron chi connectivity index (χ1n) is 5.39. The Kier molecular flexibility index (Phi) is 2.73. The molecule has 1 heterocycles. The predicted molar refractivity (Wildman–Crippen MR) is 63.6 cm³/mol. The third-order valence-electron chi connectivity index (χ3n) is 2.98. The molecular formula is C12H16N2O2. The van der Waals surface area contributed by atoms with E-state index in [0.29, 0.717) is 17.9 Å². The van der Waals surface area contributed by atoms with Crippen molar-refractivity contribution in [2.45, 2.75) is 25.8 Å². The van der Waals surface area contributed by atoms with Crippen molar-refractivity contribution < 1.29 is 9.53 Å². The maximum Gasteiger partial charge on any atom is 0.227 e. The minimum absolute atomic E-state index is 0.164. The molecule has 1 atom stereocenters.